The van der Waals surface area contributed by atoms with Crippen LogP contribution in [0.2, 0.25) is 0 Å². The van der Waals surface area contributed by atoms with Crippen molar-refractivity contribution in [2.45, 2.75) is 6.92 Å². The van der Waals surface area contributed by atoms with Gasteiger partial charge in [0, 0.05) is 30.9 Å². The van der Waals surface area contributed by atoms with Crippen molar-refractivity contribution in [1.29, 1.82) is 0 Å². The zero-order valence-corrected chi connectivity index (χ0v) is 10.1. The quantitative estimate of drug-likeness (QED) is 0.771. The molecule has 0 aliphatic rings. The lowest BCUT2D eigenvalue weighted by Gasteiger charge is -2.16. The predicted octanol–water partition coefficient (Wildman–Crippen LogP) is 2.62. The van der Waals surface area contributed by atoms with Gasteiger partial charge in [0.15, 0.2) is 0 Å². The van der Waals surface area contributed by atoms with Crippen molar-refractivity contribution < 1.29 is 4.74 Å². The molecule has 16 heavy (non-hydrogen) atoms. The second-order valence-corrected chi connectivity index (χ2v) is 4.06. The van der Waals surface area contributed by atoms with Crippen LogP contribution in [0.5, 0.6) is 5.75 Å². The van der Waals surface area contributed by atoms with Gasteiger partial charge in [0.1, 0.15) is 5.75 Å². The van der Waals surface area contributed by atoms with Crippen LogP contribution in [0.4, 0.5) is 5.69 Å². The number of ether oxygens (including phenoxy) is 1. The Morgan fingerprint density at radius 1 is 1.19 bits per heavy atom. The van der Waals surface area contributed by atoms with Crippen LogP contribution in [-0.2, 0) is 0 Å². The Bertz CT molecular complexity index is 521. The molecule has 0 spiro atoms. The van der Waals surface area contributed by atoms with Crippen molar-refractivity contribution in [3.63, 3.8) is 0 Å². The van der Waals surface area contributed by atoms with Gasteiger partial charge in [-0.15, -0.1) is 0 Å². The summed E-state index contributed by atoms with van der Waals surface area (Å²) in [6.45, 7) is 2.01. The van der Waals surface area contributed by atoms with Gasteiger partial charge in [0.2, 0.25) is 0 Å². The highest BCUT2D eigenvalue weighted by Gasteiger charge is 2.06. The fourth-order valence-electron chi connectivity index (χ4n) is 1.81. The number of aryl methyl sites for hydroxylation is 1. The van der Waals surface area contributed by atoms with Gasteiger partial charge in [-0.2, -0.15) is 0 Å². The highest BCUT2D eigenvalue weighted by Crippen LogP contribution is 2.28. The summed E-state index contributed by atoms with van der Waals surface area (Å²) < 4.78 is 5.24. The van der Waals surface area contributed by atoms with Crippen LogP contribution >= 0.6 is 0 Å². The molecule has 0 unspecified atom stereocenters. The summed E-state index contributed by atoms with van der Waals surface area (Å²) in [5.74, 6) is 0.862. The molecule has 2 rings (SSSR count). The first-order valence-corrected chi connectivity index (χ1v) is 5.24. The molecule has 3 heteroatoms. The largest absolute Gasteiger partial charge is 0.497 e. The second kappa shape index (κ2) is 4.00. The van der Waals surface area contributed by atoms with E-state index in [-0.39, 0.29) is 0 Å². The van der Waals surface area contributed by atoms with Crippen LogP contribution in [0.1, 0.15) is 5.69 Å². The SMILES string of the molecule is COc1ccc2nc(C)cc(N(C)C)c2c1. The Morgan fingerprint density at radius 2 is 1.94 bits per heavy atom. The average Bonchev–Trinajstić information content (AvgIpc) is 2.27. The molecule has 2 aromatic rings. The number of methoxy groups -OCH3 is 1. The third kappa shape index (κ3) is 1.81. The standard InChI is InChI=1S/C13H16N2O/c1-9-7-13(15(2)3)11-8-10(16-4)5-6-12(11)14-9/h5-8H,1-4H3. The van der Waals surface area contributed by atoms with Gasteiger partial charge in [-0.25, -0.2) is 0 Å². The van der Waals surface area contributed by atoms with Crippen molar-refractivity contribution in [2.24, 2.45) is 0 Å². The van der Waals surface area contributed by atoms with Crippen LogP contribution in [-0.4, -0.2) is 26.2 Å². The van der Waals surface area contributed by atoms with Crippen molar-refractivity contribution >= 4 is 16.6 Å². The highest BCUT2D eigenvalue weighted by atomic mass is 16.5. The van der Waals surface area contributed by atoms with Crippen LogP contribution < -0.4 is 9.64 Å². The second-order valence-electron chi connectivity index (χ2n) is 4.06. The van der Waals surface area contributed by atoms with Gasteiger partial charge in [-0.1, -0.05) is 0 Å². The molecule has 0 N–H and O–H groups in total. The number of pyridine rings is 1. The summed E-state index contributed by atoms with van der Waals surface area (Å²) >= 11 is 0. The molecule has 0 saturated heterocycles. The number of rotatable bonds is 2. The van der Waals surface area contributed by atoms with E-state index in [0.29, 0.717) is 0 Å². The van der Waals surface area contributed by atoms with Crippen LogP contribution in [0.15, 0.2) is 24.3 Å². The van der Waals surface area contributed by atoms with Crippen molar-refractivity contribution in [2.75, 3.05) is 26.1 Å². The van der Waals surface area contributed by atoms with Gasteiger partial charge in [-0.3, -0.25) is 4.98 Å². The third-order valence-corrected chi connectivity index (χ3v) is 2.60. The van der Waals surface area contributed by atoms with E-state index in [4.69, 9.17) is 4.74 Å². The summed E-state index contributed by atoms with van der Waals surface area (Å²) in [6.07, 6.45) is 0. The number of aromatic nitrogens is 1. The zero-order chi connectivity index (χ0) is 11.7. The van der Waals surface area contributed by atoms with Crippen molar-refractivity contribution in [3.05, 3.63) is 30.0 Å². The first-order chi connectivity index (χ1) is 7.61. The molecule has 1 aromatic carbocycles. The lowest BCUT2D eigenvalue weighted by atomic mass is 10.1. The average molecular weight is 216 g/mol. The molecule has 1 aromatic heterocycles. The van der Waals surface area contributed by atoms with E-state index in [1.54, 1.807) is 7.11 Å². The first-order valence-electron chi connectivity index (χ1n) is 5.24. The van der Waals surface area contributed by atoms with Gasteiger partial charge >= 0.3 is 0 Å². The summed E-state index contributed by atoms with van der Waals surface area (Å²) in [4.78, 5) is 6.61. The summed E-state index contributed by atoms with van der Waals surface area (Å²) in [5, 5.41) is 1.12. The van der Waals surface area contributed by atoms with Crippen molar-refractivity contribution in [1.82, 2.24) is 4.98 Å². The number of hydrogen-bond acceptors (Lipinski definition) is 3. The summed E-state index contributed by atoms with van der Waals surface area (Å²) in [6, 6.07) is 8.04. The Kier molecular flexibility index (Phi) is 2.69. The topological polar surface area (TPSA) is 25.4 Å². The van der Waals surface area contributed by atoms with Crippen LogP contribution in [0.3, 0.4) is 0 Å². The van der Waals surface area contributed by atoms with E-state index < -0.39 is 0 Å². The Morgan fingerprint density at radius 3 is 2.56 bits per heavy atom. The van der Waals surface area contributed by atoms with E-state index in [1.807, 2.05) is 39.2 Å². The maximum atomic E-state index is 5.24. The highest BCUT2D eigenvalue weighted by molar-refractivity contribution is 5.92. The lowest BCUT2D eigenvalue weighted by molar-refractivity contribution is 0.415. The third-order valence-electron chi connectivity index (χ3n) is 2.60. The summed E-state index contributed by atoms with van der Waals surface area (Å²) in [5.41, 5.74) is 3.20. The summed E-state index contributed by atoms with van der Waals surface area (Å²) in [7, 11) is 5.75. The smallest absolute Gasteiger partial charge is 0.119 e. The molecule has 3 nitrogen and oxygen atoms in total. The van der Waals surface area contributed by atoms with E-state index in [9.17, 15) is 0 Å². The Labute approximate surface area is 95.7 Å². The van der Waals surface area contributed by atoms with Gasteiger partial charge in [0.25, 0.3) is 0 Å². The number of hydrogen-bond donors (Lipinski definition) is 0. The van der Waals surface area contributed by atoms with Crippen molar-refractivity contribution in [3.8, 4) is 5.75 Å². The minimum Gasteiger partial charge on any atom is -0.497 e. The lowest BCUT2D eigenvalue weighted by Crippen LogP contribution is -2.10. The molecule has 0 bridgehead atoms. The fraction of sp³-hybridized carbons (Fsp3) is 0.308. The maximum Gasteiger partial charge on any atom is 0.119 e. The van der Waals surface area contributed by atoms with E-state index in [0.717, 1.165) is 22.3 Å². The molecule has 0 radical (unpaired) electrons. The molecular formula is C13H16N2O. The predicted molar refractivity (Wildman–Crippen MR) is 67.4 cm³/mol. The molecule has 0 aliphatic heterocycles. The normalized spacial score (nSPS) is 10.5. The molecule has 0 saturated carbocycles. The van der Waals surface area contributed by atoms with Crippen LogP contribution in [0.25, 0.3) is 10.9 Å². The molecule has 84 valence electrons. The molecule has 1 heterocycles. The Hall–Kier alpha value is -1.77. The minimum atomic E-state index is 0.862. The molecule has 0 atom stereocenters. The Balaban J connectivity index is 2.75. The number of anilines is 1. The van der Waals surface area contributed by atoms with Gasteiger partial charge in [-0.05, 0) is 31.2 Å². The minimum absolute atomic E-state index is 0.862. The fourth-order valence-corrected chi connectivity index (χ4v) is 1.81. The van der Waals surface area contributed by atoms with Gasteiger partial charge in [0.05, 0.1) is 12.6 Å². The number of benzene rings is 1. The molecule has 0 amide bonds. The van der Waals surface area contributed by atoms with E-state index in [1.165, 1.54) is 5.69 Å². The number of fused-ring (bicyclic) bond motifs is 1. The zero-order valence-electron chi connectivity index (χ0n) is 10.1. The van der Waals surface area contributed by atoms with Gasteiger partial charge < -0.3 is 9.64 Å². The molecule has 0 fully saturated rings. The molecule has 0 aliphatic carbocycles. The van der Waals surface area contributed by atoms with Crippen LogP contribution in [0, 0.1) is 6.92 Å². The van der Waals surface area contributed by atoms with E-state index in [2.05, 4.69) is 16.0 Å². The first kappa shape index (κ1) is 10.7. The number of nitrogens with zero attached hydrogens (tertiary/aromatic N) is 2. The molecular weight excluding hydrogens is 200 g/mol. The monoisotopic (exact) mass is 216 g/mol. The van der Waals surface area contributed by atoms with E-state index >= 15 is 0 Å². The maximum absolute atomic E-state index is 5.24.